The zero-order valence-electron chi connectivity index (χ0n) is 17.3. The largest absolute Gasteiger partial charge is 0.497 e. The number of carbonyl (C=O) groups excluding carboxylic acids is 1. The maximum atomic E-state index is 13.3. The highest BCUT2D eigenvalue weighted by molar-refractivity contribution is 9.10. The molecule has 3 aromatic carbocycles. The summed E-state index contributed by atoms with van der Waals surface area (Å²) in [4.78, 5) is 18.6. The van der Waals surface area contributed by atoms with E-state index in [0.29, 0.717) is 17.3 Å². The number of rotatable bonds is 3. The van der Waals surface area contributed by atoms with Crippen molar-refractivity contribution in [1.82, 2.24) is 9.88 Å². The standard InChI is InChI=1S/C25H20BrClN2O3/c1-31-18-7-2-15(3-8-18)24-23-21(20-11-6-17(27)14-22(20)28-23)12-13-29(24)25(30)32-19-9-4-16(26)5-10-19/h2-11,14,24,28H,12-13H2,1H3. The van der Waals surface area contributed by atoms with Crippen molar-refractivity contribution in [2.45, 2.75) is 12.5 Å². The van der Waals surface area contributed by atoms with Crippen LogP contribution in [0.15, 0.2) is 71.2 Å². The number of methoxy groups -OCH3 is 1. The molecule has 0 saturated carbocycles. The van der Waals surface area contributed by atoms with Crippen LogP contribution in [0.25, 0.3) is 10.9 Å². The molecule has 5 nitrogen and oxygen atoms in total. The van der Waals surface area contributed by atoms with Gasteiger partial charge in [-0.3, -0.25) is 4.90 Å². The number of nitrogens with zero attached hydrogens (tertiary/aromatic N) is 1. The Labute approximate surface area is 199 Å². The molecule has 0 fully saturated rings. The summed E-state index contributed by atoms with van der Waals surface area (Å²) in [5.74, 6) is 1.26. The van der Waals surface area contributed by atoms with Gasteiger partial charge < -0.3 is 14.5 Å². The average molecular weight is 512 g/mol. The number of fused-ring (bicyclic) bond motifs is 3. The van der Waals surface area contributed by atoms with Crippen LogP contribution in [-0.2, 0) is 6.42 Å². The van der Waals surface area contributed by atoms with Crippen molar-refractivity contribution in [1.29, 1.82) is 0 Å². The Hall–Kier alpha value is -2.96. The molecule has 0 aliphatic carbocycles. The molecule has 0 spiro atoms. The summed E-state index contributed by atoms with van der Waals surface area (Å²) in [7, 11) is 1.64. The van der Waals surface area contributed by atoms with Crippen LogP contribution in [0.2, 0.25) is 5.02 Å². The number of aromatic nitrogens is 1. The van der Waals surface area contributed by atoms with Gasteiger partial charge in [-0.15, -0.1) is 0 Å². The van der Waals surface area contributed by atoms with Crippen LogP contribution >= 0.6 is 27.5 Å². The Morgan fingerprint density at radius 1 is 1.06 bits per heavy atom. The van der Waals surface area contributed by atoms with Crippen LogP contribution in [0.5, 0.6) is 11.5 Å². The molecule has 1 N–H and O–H groups in total. The third-order valence-electron chi connectivity index (χ3n) is 5.77. The van der Waals surface area contributed by atoms with E-state index in [2.05, 4.69) is 20.9 Å². The molecule has 1 aliphatic heterocycles. The second-order valence-corrected chi connectivity index (χ2v) is 9.00. The van der Waals surface area contributed by atoms with Crippen LogP contribution in [0.3, 0.4) is 0 Å². The van der Waals surface area contributed by atoms with Crippen molar-refractivity contribution >= 4 is 44.5 Å². The van der Waals surface area contributed by atoms with Gasteiger partial charge in [0.15, 0.2) is 0 Å². The lowest BCUT2D eigenvalue weighted by Crippen LogP contribution is -2.42. The second-order valence-electron chi connectivity index (χ2n) is 7.65. The summed E-state index contributed by atoms with van der Waals surface area (Å²) in [6, 6.07) is 20.5. The summed E-state index contributed by atoms with van der Waals surface area (Å²) < 4.78 is 12.0. The smallest absolute Gasteiger partial charge is 0.416 e. The first kappa shape index (κ1) is 20.9. The van der Waals surface area contributed by atoms with Gasteiger partial charge in [-0.1, -0.05) is 45.7 Å². The molecule has 5 rings (SSSR count). The molecule has 0 saturated heterocycles. The van der Waals surface area contributed by atoms with E-state index in [4.69, 9.17) is 21.1 Å². The summed E-state index contributed by atoms with van der Waals surface area (Å²) in [5.41, 5.74) is 4.11. The molecule has 1 unspecified atom stereocenters. The highest BCUT2D eigenvalue weighted by Gasteiger charge is 2.35. The molecule has 32 heavy (non-hydrogen) atoms. The third-order valence-corrected chi connectivity index (χ3v) is 6.54. The fraction of sp³-hybridized carbons (Fsp3) is 0.160. The average Bonchev–Trinajstić information content (AvgIpc) is 3.17. The first-order valence-corrected chi connectivity index (χ1v) is 11.4. The Balaban J connectivity index is 1.57. The molecule has 4 aromatic rings. The lowest BCUT2D eigenvalue weighted by Gasteiger charge is -2.35. The minimum atomic E-state index is -0.393. The zero-order valence-corrected chi connectivity index (χ0v) is 19.6. The van der Waals surface area contributed by atoms with Crippen LogP contribution in [0.4, 0.5) is 4.79 Å². The van der Waals surface area contributed by atoms with Gasteiger partial charge in [0.1, 0.15) is 17.5 Å². The van der Waals surface area contributed by atoms with Crippen LogP contribution in [-0.4, -0.2) is 29.6 Å². The number of benzene rings is 3. The summed E-state index contributed by atoms with van der Waals surface area (Å²) >= 11 is 9.63. The first-order valence-electron chi connectivity index (χ1n) is 10.2. The minimum absolute atomic E-state index is 0.321. The molecule has 1 aromatic heterocycles. The maximum Gasteiger partial charge on any atom is 0.416 e. The predicted octanol–water partition coefficient (Wildman–Crippen LogP) is 6.74. The second kappa shape index (κ2) is 8.52. The van der Waals surface area contributed by atoms with Crippen molar-refractivity contribution in [2.75, 3.05) is 13.7 Å². The fourth-order valence-electron chi connectivity index (χ4n) is 4.26. The van der Waals surface area contributed by atoms with E-state index in [-0.39, 0.29) is 6.04 Å². The van der Waals surface area contributed by atoms with Crippen molar-refractivity contribution < 1.29 is 14.3 Å². The SMILES string of the molecule is COc1ccc(C2c3[nH]c4cc(Cl)ccc4c3CCN2C(=O)Oc2ccc(Br)cc2)cc1. The summed E-state index contributed by atoms with van der Waals surface area (Å²) in [6.45, 7) is 0.536. The molecular weight excluding hydrogens is 492 g/mol. The fourth-order valence-corrected chi connectivity index (χ4v) is 4.70. The summed E-state index contributed by atoms with van der Waals surface area (Å²) in [6.07, 6.45) is 0.328. The van der Waals surface area contributed by atoms with Gasteiger partial charge in [0, 0.05) is 32.6 Å². The van der Waals surface area contributed by atoms with Crippen LogP contribution < -0.4 is 9.47 Å². The third kappa shape index (κ3) is 3.85. The quantitative estimate of drug-likeness (QED) is 0.331. The molecule has 162 valence electrons. The molecule has 1 atom stereocenters. The van der Waals surface area contributed by atoms with Gasteiger partial charge in [-0.05, 0) is 66.1 Å². The first-order chi connectivity index (χ1) is 15.5. The normalized spacial score (nSPS) is 15.5. The van der Waals surface area contributed by atoms with Crippen molar-refractivity contribution in [3.05, 3.63) is 93.0 Å². The number of carbonyl (C=O) groups is 1. The van der Waals surface area contributed by atoms with E-state index in [1.807, 2.05) is 54.6 Å². The van der Waals surface area contributed by atoms with E-state index in [0.717, 1.165) is 38.8 Å². The van der Waals surface area contributed by atoms with E-state index in [9.17, 15) is 4.79 Å². The lowest BCUT2D eigenvalue weighted by molar-refractivity contribution is 0.135. The van der Waals surface area contributed by atoms with Gasteiger partial charge in [-0.25, -0.2) is 4.79 Å². The Morgan fingerprint density at radius 2 is 1.78 bits per heavy atom. The van der Waals surface area contributed by atoms with Gasteiger partial charge in [0.05, 0.1) is 7.11 Å². The Bertz CT molecular complexity index is 1290. The number of nitrogens with one attached hydrogen (secondary N) is 1. The minimum Gasteiger partial charge on any atom is -0.497 e. The lowest BCUT2D eigenvalue weighted by atomic mass is 9.92. The van der Waals surface area contributed by atoms with Crippen LogP contribution in [0, 0.1) is 0 Å². The maximum absolute atomic E-state index is 13.3. The highest BCUT2D eigenvalue weighted by Crippen LogP contribution is 2.39. The number of ether oxygens (including phenoxy) is 2. The monoisotopic (exact) mass is 510 g/mol. The van der Waals surface area contributed by atoms with Crippen molar-refractivity contribution in [3.63, 3.8) is 0 Å². The number of amides is 1. The van der Waals surface area contributed by atoms with Gasteiger partial charge in [-0.2, -0.15) is 0 Å². The predicted molar refractivity (Wildman–Crippen MR) is 129 cm³/mol. The van der Waals surface area contributed by atoms with E-state index < -0.39 is 6.09 Å². The number of halogens is 2. The molecule has 0 bridgehead atoms. The van der Waals surface area contributed by atoms with Gasteiger partial charge in [0.2, 0.25) is 0 Å². The molecular formula is C25H20BrClN2O3. The van der Waals surface area contributed by atoms with E-state index in [1.54, 1.807) is 24.1 Å². The van der Waals surface area contributed by atoms with E-state index in [1.165, 1.54) is 5.56 Å². The van der Waals surface area contributed by atoms with Crippen molar-refractivity contribution in [2.24, 2.45) is 0 Å². The highest BCUT2D eigenvalue weighted by atomic mass is 79.9. The molecule has 2 heterocycles. The number of aromatic amines is 1. The molecule has 0 radical (unpaired) electrons. The zero-order chi connectivity index (χ0) is 22.2. The summed E-state index contributed by atoms with van der Waals surface area (Å²) in [5, 5.41) is 1.80. The molecule has 1 aliphatic rings. The molecule has 7 heteroatoms. The Morgan fingerprint density at radius 3 is 2.50 bits per heavy atom. The van der Waals surface area contributed by atoms with Crippen molar-refractivity contribution in [3.8, 4) is 11.5 Å². The number of H-pyrrole nitrogens is 1. The number of hydrogen-bond donors (Lipinski definition) is 1. The topological polar surface area (TPSA) is 54.6 Å². The van der Waals surface area contributed by atoms with Gasteiger partial charge in [0.25, 0.3) is 0 Å². The van der Waals surface area contributed by atoms with E-state index >= 15 is 0 Å². The van der Waals surface area contributed by atoms with Gasteiger partial charge >= 0.3 is 6.09 Å². The number of hydrogen-bond acceptors (Lipinski definition) is 3. The molecule has 1 amide bonds. The Kier molecular flexibility index (Phi) is 5.57. The van der Waals surface area contributed by atoms with Crippen LogP contribution in [0.1, 0.15) is 22.9 Å².